The summed E-state index contributed by atoms with van der Waals surface area (Å²) in [5.41, 5.74) is 5.23. The first-order valence-electron chi connectivity index (χ1n) is 2.82. The Hall–Kier alpha value is -0.830. The van der Waals surface area contributed by atoms with Crippen molar-refractivity contribution in [2.45, 2.75) is 13.0 Å². The number of nitrogens with one attached hydrogen (secondary N) is 1. The quantitative estimate of drug-likeness (QED) is 0.510. The molecule has 0 aromatic rings. The zero-order valence-electron chi connectivity index (χ0n) is 5.55. The van der Waals surface area contributed by atoms with Crippen LogP contribution in [0, 0.1) is 0 Å². The van der Waals surface area contributed by atoms with Crippen molar-refractivity contribution in [3.05, 3.63) is 12.7 Å². The molecule has 1 atom stereocenters. The number of amides is 1. The third-order valence-corrected chi connectivity index (χ3v) is 0.834. The van der Waals surface area contributed by atoms with Gasteiger partial charge in [-0.05, 0) is 6.92 Å². The molecule has 0 heterocycles. The first-order chi connectivity index (χ1) is 4.18. The van der Waals surface area contributed by atoms with E-state index in [1.165, 1.54) is 0 Å². The number of hydrogen-bond donors (Lipinski definition) is 2. The van der Waals surface area contributed by atoms with Crippen molar-refractivity contribution in [3.63, 3.8) is 0 Å². The lowest BCUT2D eigenvalue weighted by molar-refractivity contribution is -0.121. The van der Waals surface area contributed by atoms with Gasteiger partial charge in [-0.15, -0.1) is 6.58 Å². The molecule has 0 saturated heterocycles. The fourth-order valence-corrected chi connectivity index (χ4v) is 0.334. The fraction of sp³-hybridized carbons (Fsp3) is 0.500. The Morgan fingerprint density at radius 3 is 2.89 bits per heavy atom. The number of nitrogens with two attached hydrogens (primary N) is 1. The molecular formula is C6H12N2O. The van der Waals surface area contributed by atoms with Crippen molar-refractivity contribution in [1.29, 1.82) is 0 Å². The van der Waals surface area contributed by atoms with Crippen LogP contribution in [-0.4, -0.2) is 18.5 Å². The topological polar surface area (TPSA) is 55.1 Å². The largest absolute Gasteiger partial charge is 0.351 e. The molecule has 3 heteroatoms. The first-order valence-corrected chi connectivity index (χ1v) is 2.82. The van der Waals surface area contributed by atoms with Gasteiger partial charge in [0.2, 0.25) is 5.91 Å². The van der Waals surface area contributed by atoms with E-state index in [0.29, 0.717) is 6.54 Å². The Morgan fingerprint density at radius 1 is 2.00 bits per heavy atom. The molecule has 0 saturated carbocycles. The van der Waals surface area contributed by atoms with E-state index in [-0.39, 0.29) is 5.91 Å². The molecule has 0 radical (unpaired) electrons. The highest BCUT2D eigenvalue weighted by molar-refractivity contribution is 5.81. The van der Waals surface area contributed by atoms with Gasteiger partial charge in [-0.3, -0.25) is 4.79 Å². The smallest absolute Gasteiger partial charge is 0.236 e. The molecule has 0 aromatic heterocycles. The third kappa shape index (κ3) is 3.73. The lowest BCUT2D eigenvalue weighted by Gasteiger charge is -2.03. The van der Waals surface area contributed by atoms with E-state index in [9.17, 15) is 4.79 Å². The van der Waals surface area contributed by atoms with Crippen LogP contribution in [0.4, 0.5) is 0 Å². The van der Waals surface area contributed by atoms with Gasteiger partial charge in [-0.25, -0.2) is 0 Å². The van der Waals surface area contributed by atoms with Crippen molar-refractivity contribution in [2.75, 3.05) is 6.54 Å². The molecule has 0 fully saturated rings. The predicted octanol–water partition coefficient (Wildman–Crippen LogP) is -0.364. The third-order valence-electron chi connectivity index (χ3n) is 0.834. The average molecular weight is 128 g/mol. The molecule has 0 rings (SSSR count). The summed E-state index contributed by atoms with van der Waals surface area (Å²) in [5.74, 6) is -0.144. The molecule has 9 heavy (non-hydrogen) atoms. The van der Waals surface area contributed by atoms with Gasteiger partial charge in [-0.1, -0.05) is 6.08 Å². The molecule has 0 aromatic carbocycles. The zero-order chi connectivity index (χ0) is 7.28. The van der Waals surface area contributed by atoms with E-state index in [0.717, 1.165) is 0 Å². The molecule has 0 aliphatic carbocycles. The van der Waals surface area contributed by atoms with Crippen molar-refractivity contribution in [2.24, 2.45) is 5.73 Å². The molecule has 0 aliphatic heterocycles. The highest BCUT2D eigenvalue weighted by Gasteiger charge is 2.02. The second-order valence-electron chi connectivity index (χ2n) is 1.82. The summed E-state index contributed by atoms with van der Waals surface area (Å²) in [6, 6.07) is -0.426. The molecule has 3 nitrogen and oxygen atoms in total. The fourth-order valence-electron chi connectivity index (χ4n) is 0.334. The number of carbonyl (C=O) groups excluding carboxylic acids is 1. The maximum atomic E-state index is 10.6. The van der Waals surface area contributed by atoms with Crippen LogP contribution < -0.4 is 11.1 Å². The summed E-state index contributed by atoms with van der Waals surface area (Å²) in [4.78, 5) is 10.6. The predicted molar refractivity (Wildman–Crippen MR) is 36.9 cm³/mol. The van der Waals surface area contributed by atoms with Crippen LogP contribution in [0.15, 0.2) is 12.7 Å². The lowest BCUT2D eigenvalue weighted by Crippen LogP contribution is -2.38. The SMILES string of the molecule is C=CCNC(=O)[C@H](C)N. The van der Waals surface area contributed by atoms with Crippen LogP contribution in [0.1, 0.15) is 6.92 Å². The minimum absolute atomic E-state index is 0.144. The van der Waals surface area contributed by atoms with Crippen molar-refractivity contribution >= 4 is 5.91 Å². The summed E-state index contributed by atoms with van der Waals surface area (Å²) in [6.45, 7) is 5.56. The molecule has 0 spiro atoms. The first kappa shape index (κ1) is 8.17. The van der Waals surface area contributed by atoms with E-state index in [1.54, 1.807) is 13.0 Å². The van der Waals surface area contributed by atoms with E-state index >= 15 is 0 Å². The minimum Gasteiger partial charge on any atom is -0.351 e. The van der Waals surface area contributed by atoms with Gasteiger partial charge >= 0.3 is 0 Å². The Bertz CT molecular complexity index is 110. The Kier molecular flexibility index (Phi) is 3.71. The summed E-state index contributed by atoms with van der Waals surface area (Å²) >= 11 is 0. The Morgan fingerprint density at radius 2 is 2.56 bits per heavy atom. The highest BCUT2D eigenvalue weighted by Crippen LogP contribution is 1.72. The summed E-state index contributed by atoms with van der Waals surface area (Å²) in [7, 11) is 0. The van der Waals surface area contributed by atoms with Gasteiger partial charge in [0.25, 0.3) is 0 Å². The van der Waals surface area contributed by atoms with Gasteiger partial charge in [0.1, 0.15) is 0 Å². The molecule has 0 unspecified atom stereocenters. The van der Waals surface area contributed by atoms with E-state index in [2.05, 4.69) is 11.9 Å². The van der Waals surface area contributed by atoms with Crippen molar-refractivity contribution in [3.8, 4) is 0 Å². The van der Waals surface area contributed by atoms with Gasteiger partial charge < -0.3 is 11.1 Å². The monoisotopic (exact) mass is 128 g/mol. The zero-order valence-corrected chi connectivity index (χ0v) is 5.55. The Labute approximate surface area is 54.9 Å². The molecule has 0 aliphatic rings. The Balaban J connectivity index is 3.38. The van der Waals surface area contributed by atoms with Crippen LogP contribution in [0.5, 0.6) is 0 Å². The van der Waals surface area contributed by atoms with Crippen LogP contribution in [0.2, 0.25) is 0 Å². The molecule has 0 bridgehead atoms. The second-order valence-corrected chi connectivity index (χ2v) is 1.82. The average Bonchev–Trinajstić information content (AvgIpc) is 1.82. The van der Waals surface area contributed by atoms with E-state index in [4.69, 9.17) is 5.73 Å². The normalized spacial score (nSPS) is 12.2. The second kappa shape index (κ2) is 4.09. The molecule has 1 amide bonds. The maximum Gasteiger partial charge on any atom is 0.236 e. The van der Waals surface area contributed by atoms with Gasteiger partial charge in [-0.2, -0.15) is 0 Å². The van der Waals surface area contributed by atoms with Crippen LogP contribution in [0.25, 0.3) is 0 Å². The van der Waals surface area contributed by atoms with Gasteiger partial charge in [0.15, 0.2) is 0 Å². The van der Waals surface area contributed by atoms with Gasteiger partial charge in [0.05, 0.1) is 6.04 Å². The van der Waals surface area contributed by atoms with Crippen molar-refractivity contribution < 1.29 is 4.79 Å². The number of rotatable bonds is 3. The van der Waals surface area contributed by atoms with Crippen LogP contribution in [-0.2, 0) is 4.79 Å². The van der Waals surface area contributed by atoms with Crippen LogP contribution in [0.3, 0.4) is 0 Å². The summed E-state index contributed by atoms with van der Waals surface area (Å²) in [6.07, 6.45) is 1.61. The maximum absolute atomic E-state index is 10.6. The summed E-state index contributed by atoms with van der Waals surface area (Å²) in [5, 5.41) is 2.55. The van der Waals surface area contributed by atoms with Gasteiger partial charge in [0, 0.05) is 6.54 Å². The molecular weight excluding hydrogens is 116 g/mol. The number of hydrogen-bond acceptors (Lipinski definition) is 2. The summed E-state index contributed by atoms with van der Waals surface area (Å²) < 4.78 is 0. The minimum atomic E-state index is -0.426. The lowest BCUT2D eigenvalue weighted by atomic mass is 10.3. The van der Waals surface area contributed by atoms with E-state index in [1.807, 2.05) is 0 Å². The molecule has 52 valence electrons. The standard InChI is InChI=1S/C6H12N2O/c1-3-4-8-6(9)5(2)7/h3,5H,1,4,7H2,2H3,(H,8,9)/t5-/m0/s1. The number of carbonyl (C=O) groups is 1. The van der Waals surface area contributed by atoms with Crippen LogP contribution >= 0.6 is 0 Å². The van der Waals surface area contributed by atoms with E-state index < -0.39 is 6.04 Å². The van der Waals surface area contributed by atoms with Crippen molar-refractivity contribution in [1.82, 2.24) is 5.32 Å². The highest BCUT2D eigenvalue weighted by atomic mass is 16.2. The molecule has 3 N–H and O–H groups in total.